The highest BCUT2D eigenvalue weighted by Crippen LogP contribution is 2.45. The minimum absolute atomic E-state index is 0.0424. The summed E-state index contributed by atoms with van der Waals surface area (Å²) >= 11 is 0. The van der Waals surface area contributed by atoms with Crippen molar-refractivity contribution in [3.8, 4) is 5.69 Å². The third-order valence-corrected chi connectivity index (χ3v) is 8.75. The average Bonchev–Trinajstić information content (AvgIpc) is 3.35. The fraction of sp³-hybridized carbons (Fsp3) is 0.344. The highest BCUT2D eigenvalue weighted by atomic mass is 16.1. The third kappa shape index (κ3) is 4.31. The summed E-state index contributed by atoms with van der Waals surface area (Å²) in [5.74, 6) is 0.383. The van der Waals surface area contributed by atoms with Crippen molar-refractivity contribution in [2.45, 2.75) is 38.1 Å². The average molecular weight is 493 g/mol. The second-order valence-corrected chi connectivity index (χ2v) is 10.9. The molecule has 1 saturated heterocycles. The van der Waals surface area contributed by atoms with Gasteiger partial charge in [-0.2, -0.15) is 0 Å². The number of primary amides is 1. The van der Waals surface area contributed by atoms with Gasteiger partial charge in [-0.25, -0.2) is 0 Å². The minimum Gasteiger partial charge on any atom is -0.369 e. The summed E-state index contributed by atoms with van der Waals surface area (Å²) < 4.78 is 2.13. The molecule has 2 fully saturated rings. The van der Waals surface area contributed by atoms with Crippen LogP contribution in [-0.2, 0) is 5.54 Å². The van der Waals surface area contributed by atoms with E-state index in [4.69, 9.17) is 5.73 Å². The van der Waals surface area contributed by atoms with Gasteiger partial charge in [0.15, 0.2) is 0 Å². The summed E-state index contributed by atoms with van der Waals surface area (Å²) in [5.41, 5.74) is 11.2. The summed E-state index contributed by atoms with van der Waals surface area (Å²) in [6.45, 7) is 6.61. The van der Waals surface area contributed by atoms with Crippen molar-refractivity contribution in [3.63, 3.8) is 0 Å². The molecule has 1 amide bonds. The van der Waals surface area contributed by atoms with Gasteiger partial charge in [-0.1, -0.05) is 55.5 Å². The van der Waals surface area contributed by atoms with Gasteiger partial charge in [-0.15, -0.1) is 0 Å². The van der Waals surface area contributed by atoms with Gasteiger partial charge in [0.1, 0.15) is 0 Å². The van der Waals surface area contributed by atoms with Crippen LogP contribution in [0.1, 0.15) is 48.5 Å². The number of rotatable bonds is 5. The Hall–Kier alpha value is -3.57. The Kier molecular flexibility index (Phi) is 6.25. The lowest BCUT2D eigenvalue weighted by molar-refractivity contribution is 0.0299. The fourth-order valence-electron chi connectivity index (χ4n) is 6.59. The number of anilines is 1. The quantitative estimate of drug-likeness (QED) is 0.374. The molecule has 0 radical (unpaired) electrons. The van der Waals surface area contributed by atoms with Gasteiger partial charge >= 0.3 is 0 Å². The first-order chi connectivity index (χ1) is 18.0. The molecule has 0 bridgehead atoms. The van der Waals surface area contributed by atoms with Crippen LogP contribution in [0.3, 0.4) is 0 Å². The second-order valence-electron chi connectivity index (χ2n) is 10.9. The molecule has 3 aromatic carbocycles. The van der Waals surface area contributed by atoms with Crippen molar-refractivity contribution in [2.75, 3.05) is 31.1 Å². The van der Waals surface area contributed by atoms with Crippen molar-refractivity contribution in [3.05, 3.63) is 96.2 Å². The molecule has 2 N–H and O–H groups in total. The molecule has 6 rings (SSSR count). The molecule has 0 spiro atoms. The molecule has 1 aliphatic carbocycles. The van der Waals surface area contributed by atoms with Crippen molar-refractivity contribution in [2.24, 2.45) is 11.7 Å². The van der Waals surface area contributed by atoms with Crippen molar-refractivity contribution < 1.29 is 4.79 Å². The molecule has 1 aliphatic heterocycles. The molecule has 4 aromatic rings. The monoisotopic (exact) mass is 492 g/mol. The first-order valence-electron chi connectivity index (χ1n) is 13.6. The Morgan fingerprint density at radius 3 is 2.24 bits per heavy atom. The maximum atomic E-state index is 12.2. The molecule has 5 nitrogen and oxygen atoms in total. The van der Waals surface area contributed by atoms with E-state index < -0.39 is 0 Å². The van der Waals surface area contributed by atoms with Gasteiger partial charge in [0.05, 0.1) is 11.1 Å². The number of aromatic nitrogens is 1. The van der Waals surface area contributed by atoms with Crippen LogP contribution in [0.25, 0.3) is 16.6 Å². The van der Waals surface area contributed by atoms with Crippen molar-refractivity contribution in [1.82, 2.24) is 9.47 Å². The van der Waals surface area contributed by atoms with Gasteiger partial charge in [-0.05, 0) is 67.5 Å². The number of amides is 1. The number of benzene rings is 3. The number of nitrogens with zero attached hydrogens (tertiary/aromatic N) is 3. The topological polar surface area (TPSA) is 54.5 Å². The number of nitrogens with two attached hydrogens (primary N) is 1. The highest BCUT2D eigenvalue weighted by molar-refractivity contribution is 6.06. The predicted molar refractivity (Wildman–Crippen MR) is 151 cm³/mol. The SMILES string of the molecule is CC1CCC(c2cccc(-n3cc(C(N)=O)c4ccccc43)c2)(N2CCN(c3ccccc3)CC2)CC1. The highest BCUT2D eigenvalue weighted by Gasteiger charge is 2.42. The van der Waals surface area contributed by atoms with E-state index >= 15 is 0 Å². The van der Waals surface area contributed by atoms with Crippen LogP contribution in [0.2, 0.25) is 0 Å². The van der Waals surface area contributed by atoms with Crippen LogP contribution >= 0.6 is 0 Å². The Labute approximate surface area is 219 Å². The number of carbonyl (C=O) groups excluding carboxylic acids is 1. The third-order valence-electron chi connectivity index (χ3n) is 8.75. The van der Waals surface area contributed by atoms with E-state index in [9.17, 15) is 4.79 Å². The molecule has 1 aromatic heterocycles. The van der Waals surface area contributed by atoms with E-state index in [1.807, 2.05) is 24.4 Å². The zero-order chi connectivity index (χ0) is 25.4. The van der Waals surface area contributed by atoms with Crippen LogP contribution in [-0.4, -0.2) is 41.6 Å². The predicted octanol–water partition coefficient (Wildman–Crippen LogP) is 5.96. The number of carbonyl (C=O) groups is 1. The lowest BCUT2D eigenvalue weighted by atomic mass is 9.71. The minimum atomic E-state index is -0.389. The normalized spacial score (nSPS) is 22.8. The first kappa shape index (κ1) is 23.8. The summed E-state index contributed by atoms with van der Waals surface area (Å²) in [7, 11) is 0. The Bertz CT molecular complexity index is 1390. The second kappa shape index (κ2) is 9.71. The molecule has 37 heavy (non-hydrogen) atoms. The molecule has 0 unspecified atom stereocenters. The van der Waals surface area contributed by atoms with Gasteiger partial charge in [0.25, 0.3) is 5.91 Å². The smallest absolute Gasteiger partial charge is 0.250 e. The number of fused-ring (bicyclic) bond motifs is 1. The Morgan fingerprint density at radius 2 is 1.51 bits per heavy atom. The van der Waals surface area contributed by atoms with Crippen LogP contribution in [0, 0.1) is 5.92 Å². The molecule has 2 aliphatic rings. The maximum Gasteiger partial charge on any atom is 0.250 e. The van der Waals surface area contributed by atoms with E-state index in [0.717, 1.165) is 48.7 Å². The standard InChI is InChI=1S/C32H36N4O/c1-24-14-16-32(17-15-24,35-20-18-34(19-21-35)26-9-3-2-4-10-26)25-8-7-11-27(22-25)36-23-29(31(33)37)28-12-5-6-13-30(28)36/h2-13,22-24H,14-21H2,1H3,(H2,33,37). The summed E-state index contributed by atoms with van der Waals surface area (Å²) in [6, 6.07) is 27.8. The lowest BCUT2D eigenvalue weighted by Gasteiger charge is -2.51. The first-order valence-corrected chi connectivity index (χ1v) is 13.6. The van der Waals surface area contributed by atoms with Crippen LogP contribution in [0.15, 0.2) is 85.1 Å². The number of para-hydroxylation sites is 2. The fourth-order valence-corrected chi connectivity index (χ4v) is 6.59. The van der Waals surface area contributed by atoms with E-state index in [-0.39, 0.29) is 11.4 Å². The van der Waals surface area contributed by atoms with Gasteiger partial charge < -0.3 is 15.2 Å². The van der Waals surface area contributed by atoms with Gasteiger partial charge in [0.2, 0.25) is 0 Å². The van der Waals surface area contributed by atoms with Crippen molar-refractivity contribution in [1.29, 1.82) is 0 Å². The zero-order valence-corrected chi connectivity index (χ0v) is 21.6. The summed E-state index contributed by atoms with van der Waals surface area (Å²) in [4.78, 5) is 17.5. The number of piperazine rings is 1. The van der Waals surface area contributed by atoms with Gasteiger partial charge in [0, 0.05) is 54.7 Å². The molecular weight excluding hydrogens is 456 g/mol. The Balaban J connectivity index is 1.36. The molecule has 1 saturated carbocycles. The van der Waals surface area contributed by atoms with E-state index in [0.29, 0.717) is 5.56 Å². The zero-order valence-electron chi connectivity index (χ0n) is 21.6. The summed E-state index contributed by atoms with van der Waals surface area (Å²) in [6.07, 6.45) is 6.77. The lowest BCUT2D eigenvalue weighted by Crippen LogP contribution is -2.56. The van der Waals surface area contributed by atoms with Crippen molar-refractivity contribution >= 4 is 22.5 Å². The molecule has 0 atom stereocenters. The van der Waals surface area contributed by atoms with Crippen LogP contribution in [0.4, 0.5) is 5.69 Å². The van der Waals surface area contributed by atoms with E-state index in [2.05, 4.69) is 82.0 Å². The van der Waals surface area contributed by atoms with Crippen LogP contribution in [0.5, 0.6) is 0 Å². The summed E-state index contributed by atoms with van der Waals surface area (Å²) in [5, 5.41) is 0.902. The molecular formula is C32H36N4O. The maximum absolute atomic E-state index is 12.2. The van der Waals surface area contributed by atoms with E-state index in [1.165, 1.54) is 36.9 Å². The largest absolute Gasteiger partial charge is 0.369 e. The van der Waals surface area contributed by atoms with E-state index in [1.54, 1.807) is 0 Å². The number of hydrogen-bond acceptors (Lipinski definition) is 3. The van der Waals surface area contributed by atoms with Crippen LogP contribution < -0.4 is 10.6 Å². The molecule has 5 heteroatoms. The van der Waals surface area contributed by atoms with Gasteiger partial charge in [-0.3, -0.25) is 9.69 Å². The number of hydrogen-bond donors (Lipinski definition) is 1. The molecule has 2 heterocycles. The Morgan fingerprint density at radius 1 is 0.838 bits per heavy atom. The molecule has 190 valence electrons.